The molecule has 0 amide bonds. The number of hydrogen-bond donors (Lipinski definition) is 2. The number of benzene rings is 2. The first-order valence-electron chi connectivity index (χ1n) is 11.8. The van der Waals surface area contributed by atoms with Gasteiger partial charge in [0.05, 0.1) is 60.7 Å². The summed E-state index contributed by atoms with van der Waals surface area (Å²) >= 11 is 6.63. The van der Waals surface area contributed by atoms with Gasteiger partial charge in [-0.1, -0.05) is 28.9 Å². The summed E-state index contributed by atoms with van der Waals surface area (Å²) in [5.41, 5.74) is 2.88. The third-order valence-corrected chi connectivity index (χ3v) is 6.41. The van der Waals surface area contributed by atoms with E-state index in [1.807, 2.05) is 0 Å². The predicted molar refractivity (Wildman–Crippen MR) is 130 cm³/mol. The molecule has 0 bridgehead atoms. The first-order chi connectivity index (χ1) is 17.4. The molecule has 35 heavy (non-hydrogen) atoms. The highest BCUT2D eigenvalue weighted by atomic mass is 35.5. The first-order valence-corrected chi connectivity index (χ1v) is 11.7. The van der Waals surface area contributed by atoms with E-state index in [0.29, 0.717) is 63.4 Å². The molecule has 1 aliphatic heterocycles. The highest BCUT2D eigenvalue weighted by molar-refractivity contribution is 6.35. The van der Waals surface area contributed by atoms with Crippen molar-refractivity contribution in [3.05, 3.63) is 76.5 Å². The fourth-order valence-electron chi connectivity index (χ4n) is 4.05. The molecule has 0 unspecified atom stereocenters. The van der Waals surface area contributed by atoms with Gasteiger partial charge in [0, 0.05) is 17.3 Å². The Morgan fingerprint density at radius 3 is 2.74 bits per heavy atom. The molecule has 2 aromatic carbocycles. The molecule has 0 spiro atoms. The van der Waals surface area contributed by atoms with Crippen molar-refractivity contribution in [1.29, 1.82) is 5.26 Å². The summed E-state index contributed by atoms with van der Waals surface area (Å²) in [4.78, 5) is 4.39. The Balaban J connectivity index is 1.46. The van der Waals surface area contributed by atoms with Gasteiger partial charge in [-0.25, -0.2) is 9.07 Å². The topological polar surface area (TPSA) is 101 Å². The van der Waals surface area contributed by atoms with Gasteiger partial charge in [-0.15, -0.1) is 5.10 Å². The summed E-state index contributed by atoms with van der Waals surface area (Å²) in [6.45, 7) is 1.08. The minimum absolute atomic E-state index is 0.0741. The SMILES string of the molecule is [2H][C@](Nc1cc(Cl)c2ncc(C#N)c(NC3COC3)c2c1)(c1ccc(F)cc1)c1cn(C2CC2)nn1. The zero-order valence-electron chi connectivity index (χ0n) is 19.5. The van der Waals surface area contributed by atoms with Crippen molar-refractivity contribution in [2.45, 2.75) is 30.9 Å². The van der Waals surface area contributed by atoms with Crippen LogP contribution in [-0.2, 0) is 4.74 Å². The van der Waals surface area contributed by atoms with Crippen LogP contribution in [0.15, 0.2) is 48.8 Å². The van der Waals surface area contributed by atoms with Crippen molar-refractivity contribution >= 4 is 33.9 Å². The Labute approximate surface area is 207 Å². The van der Waals surface area contributed by atoms with Crippen molar-refractivity contribution in [2.24, 2.45) is 0 Å². The Kier molecular flexibility index (Phi) is 5.18. The van der Waals surface area contributed by atoms with E-state index in [0.717, 1.165) is 12.8 Å². The maximum atomic E-state index is 13.7. The van der Waals surface area contributed by atoms with E-state index < -0.39 is 11.8 Å². The third kappa shape index (κ3) is 4.27. The molecule has 4 aromatic rings. The van der Waals surface area contributed by atoms with Gasteiger partial charge in [0.25, 0.3) is 0 Å². The van der Waals surface area contributed by atoms with Crippen LogP contribution in [-0.4, -0.2) is 39.2 Å². The molecule has 176 valence electrons. The maximum Gasteiger partial charge on any atom is 0.123 e. The van der Waals surface area contributed by atoms with Crippen LogP contribution < -0.4 is 10.6 Å². The van der Waals surface area contributed by atoms with Crippen LogP contribution in [0.1, 0.15) is 43.1 Å². The lowest BCUT2D eigenvalue weighted by Gasteiger charge is -2.29. The molecule has 1 atom stereocenters. The van der Waals surface area contributed by atoms with Crippen molar-refractivity contribution in [1.82, 2.24) is 20.0 Å². The molecule has 1 saturated heterocycles. The molecule has 2 aliphatic rings. The number of nitriles is 1. The van der Waals surface area contributed by atoms with E-state index in [-0.39, 0.29) is 6.04 Å². The normalized spacial score (nSPS) is 17.8. The fraction of sp³-hybridized carbons (Fsp3) is 0.280. The van der Waals surface area contributed by atoms with Crippen LogP contribution in [0, 0.1) is 17.1 Å². The van der Waals surface area contributed by atoms with Crippen LogP contribution in [0.5, 0.6) is 0 Å². The van der Waals surface area contributed by atoms with Crippen molar-refractivity contribution in [3.8, 4) is 6.07 Å². The molecular formula is C25H21ClFN7O. The average molecular weight is 491 g/mol. The van der Waals surface area contributed by atoms with E-state index in [1.54, 1.807) is 35.1 Å². The summed E-state index contributed by atoms with van der Waals surface area (Å²) in [5.74, 6) is -0.401. The molecule has 1 aliphatic carbocycles. The van der Waals surface area contributed by atoms with Gasteiger partial charge >= 0.3 is 0 Å². The molecule has 8 nitrogen and oxygen atoms in total. The summed E-state index contributed by atoms with van der Waals surface area (Å²) in [5, 5.41) is 25.8. The van der Waals surface area contributed by atoms with Crippen molar-refractivity contribution in [2.75, 3.05) is 23.8 Å². The van der Waals surface area contributed by atoms with E-state index >= 15 is 0 Å². The van der Waals surface area contributed by atoms with Crippen LogP contribution in [0.3, 0.4) is 0 Å². The highest BCUT2D eigenvalue weighted by Crippen LogP contribution is 2.37. The molecule has 6 rings (SSSR count). The van der Waals surface area contributed by atoms with Crippen molar-refractivity contribution < 1.29 is 10.5 Å². The van der Waals surface area contributed by atoms with Gasteiger partial charge in [0.1, 0.15) is 17.6 Å². The second-order valence-corrected chi connectivity index (χ2v) is 9.12. The fourth-order valence-corrected chi connectivity index (χ4v) is 4.32. The minimum atomic E-state index is -1.59. The van der Waals surface area contributed by atoms with Gasteiger partial charge in [-0.2, -0.15) is 5.26 Å². The number of hydrogen-bond acceptors (Lipinski definition) is 7. The lowest BCUT2D eigenvalue weighted by Crippen LogP contribution is -2.40. The summed E-state index contributed by atoms with van der Waals surface area (Å²) < 4.78 is 30.2. The number of nitrogens with one attached hydrogen (secondary N) is 2. The lowest BCUT2D eigenvalue weighted by atomic mass is 10.0. The van der Waals surface area contributed by atoms with E-state index in [1.165, 1.54) is 18.3 Å². The summed E-state index contributed by atoms with van der Waals surface area (Å²) in [6, 6.07) is 10.2. The van der Waals surface area contributed by atoms with Gasteiger partial charge < -0.3 is 15.4 Å². The van der Waals surface area contributed by atoms with Gasteiger partial charge in [-0.3, -0.25) is 4.98 Å². The van der Waals surface area contributed by atoms with E-state index in [4.69, 9.17) is 16.3 Å². The molecule has 10 heteroatoms. The quantitative estimate of drug-likeness (QED) is 0.382. The maximum absolute atomic E-state index is 13.7. The number of fused-ring (bicyclic) bond motifs is 1. The summed E-state index contributed by atoms with van der Waals surface area (Å²) in [6.07, 6.45) is 5.29. The zero-order chi connectivity index (χ0) is 24.9. The Bertz CT molecular complexity index is 1500. The molecular weight excluding hydrogens is 469 g/mol. The molecule has 1 saturated carbocycles. The number of ether oxygens (including phenoxy) is 1. The average Bonchev–Trinajstić information content (AvgIpc) is 3.57. The molecule has 2 fully saturated rings. The number of halogens is 2. The standard InChI is InChI=1S/C25H21ClFN7O/c26-21-8-17(7-20-23(31-18-12-35-13-18)15(9-28)10-29-25(20)21)30-24(14-1-3-16(27)4-2-14)22-11-34(33-32-22)19-5-6-19/h1-4,7-8,10-11,18-19,24,30H,5-6,12-13H2,(H,29,31)/t24-/m0/s1/i24D. The number of aromatic nitrogens is 4. The Morgan fingerprint density at radius 1 is 1.26 bits per heavy atom. The number of nitrogens with zero attached hydrogens (tertiary/aromatic N) is 5. The van der Waals surface area contributed by atoms with Gasteiger partial charge in [-0.05, 0) is 42.7 Å². The number of pyridine rings is 1. The molecule has 0 radical (unpaired) electrons. The van der Waals surface area contributed by atoms with Crippen LogP contribution in [0.2, 0.25) is 5.02 Å². The number of rotatable bonds is 7. The smallest absolute Gasteiger partial charge is 0.123 e. The minimum Gasteiger partial charge on any atom is -0.377 e. The van der Waals surface area contributed by atoms with Crippen molar-refractivity contribution in [3.63, 3.8) is 0 Å². The Hall–Kier alpha value is -3.74. The van der Waals surface area contributed by atoms with E-state index in [2.05, 4.69) is 32.0 Å². The summed E-state index contributed by atoms with van der Waals surface area (Å²) in [7, 11) is 0. The molecule has 2 aromatic heterocycles. The lowest BCUT2D eigenvalue weighted by molar-refractivity contribution is 0.0211. The Morgan fingerprint density at radius 2 is 2.06 bits per heavy atom. The largest absolute Gasteiger partial charge is 0.377 e. The van der Waals surface area contributed by atoms with Crippen LogP contribution >= 0.6 is 11.6 Å². The van der Waals surface area contributed by atoms with E-state index in [9.17, 15) is 11.0 Å². The van der Waals surface area contributed by atoms with Crippen LogP contribution in [0.25, 0.3) is 10.9 Å². The van der Waals surface area contributed by atoms with Gasteiger partial charge in [0.2, 0.25) is 0 Å². The predicted octanol–water partition coefficient (Wildman–Crippen LogP) is 4.84. The zero-order valence-corrected chi connectivity index (χ0v) is 19.3. The second kappa shape index (κ2) is 8.80. The first kappa shape index (κ1) is 20.6. The third-order valence-electron chi connectivity index (χ3n) is 6.12. The van der Waals surface area contributed by atoms with Crippen LogP contribution in [0.4, 0.5) is 15.8 Å². The number of anilines is 2. The van der Waals surface area contributed by atoms with Gasteiger partial charge in [0.15, 0.2) is 0 Å². The monoisotopic (exact) mass is 490 g/mol. The molecule has 2 N–H and O–H groups in total. The second-order valence-electron chi connectivity index (χ2n) is 8.71. The highest BCUT2D eigenvalue weighted by Gasteiger charge is 2.27. The molecule has 3 heterocycles.